The van der Waals surface area contributed by atoms with Gasteiger partial charge >= 0.3 is 0 Å². The van der Waals surface area contributed by atoms with Crippen molar-refractivity contribution in [3.05, 3.63) is 0 Å². The van der Waals surface area contributed by atoms with Crippen molar-refractivity contribution in [3.8, 4) is 0 Å². The molecule has 3 heteroatoms. The molecule has 0 heterocycles. The van der Waals surface area contributed by atoms with E-state index in [1.807, 2.05) is 7.05 Å². The average Bonchev–Trinajstić information content (AvgIpc) is 2.34. The van der Waals surface area contributed by atoms with Crippen LogP contribution < -0.4 is 0 Å². The van der Waals surface area contributed by atoms with E-state index in [0.29, 0.717) is 19.4 Å². The number of rotatable bonds is 6. The SMILES string of the molecule is CC(O)CCN(C)C(=O)CCC1CCCCC1. The Bertz CT molecular complexity index is 222. The first-order chi connectivity index (χ1) is 8.09. The predicted octanol–water partition coefficient (Wildman–Crippen LogP) is 2.58. The lowest BCUT2D eigenvalue weighted by atomic mass is 9.86. The van der Waals surface area contributed by atoms with Crippen LogP contribution >= 0.6 is 0 Å². The fraction of sp³-hybridized carbons (Fsp3) is 0.929. The molecule has 3 nitrogen and oxygen atoms in total. The maximum Gasteiger partial charge on any atom is 0.222 e. The number of aliphatic hydroxyl groups is 1. The summed E-state index contributed by atoms with van der Waals surface area (Å²) in [5, 5.41) is 9.18. The first-order valence-electron chi connectivity index (χ1n) is 7.01. The van der Waals surface area contributed by atoms with E-state index in [0.717, 1.165) is 12.3 Å². The van der Waals surface area contributed by atoms with Crippen LogP contribution in [0.5, 0.6) is 0 Å². The van der Waals surface area contributed by atoms with E-state index in [-0.39, 0.29) is 12.0 Å². The number of hydrogen-bond acceptors (Lipinski definition) is 2. The van der Waals surface area contributed by atoms with Gasteiger partial charge in [-0.05, 0) is 25.7 Å². The second-order valence-electron chi connectivity index (χ2n) is 5.50. The molecule has 17 heavy (non-hydrogen) atoms. The van der Waals surface area contributed by atoms with Crippen LogP contribution in [0.3, 0.4) is 0 Å². The molecule has 0 aromatic carbocycles. The van der Waals surface area contributed by atoms with Crippen molar-refractivity contribution in [2.24, 2.45) is 5.92 Å². The second-order valence-corrected chi connectivity index (χ2v) is 5.50. The van der Waals surface area contributed by atoms with Crippen molar-refractivity contribution < 1.29 is 9.90 Å². The molecule has 0 aromatic heterocycles. The van der Waals surface area contributed by atoms with Crippen molar-refractivity contribution in [2.45, 2.75) is 64.4 Å². The molecule has 0 aliphatic heterocycles. The molecule has 1 fully saturated rings. The number of amides is 1. The summed E-state index contributed by atoms with van der Waals surface area (Å²) in [6.45, 7) is 2.43. The number of aliphatic hydroxyl groups excluding tert-OH is 1. The minimum atomic E-state index is -0.316. The van der Waals surface area contributed by atoms with Crippen LogP contribution in [0.1, 0.15) is 58.3 Å². The van der Waals surface area contributed by atoms with Gasteiger partial charge in [0.15, 0.2) is 0 Å². The Kier molecular flexibility index (Phi) is 6.56. The quantitative estimate of drug-likeness (QED) is 0.776. The standard InChI is InChI=1S/C14H27NO2/c1-12(16)10-11-15(2)14(17)9-8-13-6-4-3-5-7-13/h12-13,16H,3-11H2,1-2H3. The molecular formula is C14H27NO2. The van der Waals surface area contributed by atoms with Gasteiger partial charge < -0.3 is 10.0 Å². The van der Waals surface area contributed by atoms with Crippen molar-refractivity contribution in [2.75, 3.05) is 13.6 Å². The molecule has 1 N–H and O–H groups in total. The maximum absolute atomic E-state index is 11.8. The lowest BCUT2D eigenvalue weighted by Gasteiger charge is -2.23. The van der Waals surface area contributed by atoms with Crippen LogP contribution in [0.25, 0.3) is 0 Å². The highest BCUT2D eigenvalue weighted by molar-refractivity contribution is 5.75. The van der Waals surface area contributed by atoms with Crippen molar-refractivity contribution in [1.82, 2.24) is 4.90 Å². The minimum Gasteiger partial charge on any atom is -0.393 e. The molecule has 1 aliphatic rings. The van der Waals surface area contributed by atoms with Gasteiger partial charge in [0.2, 0.25) is 5.91 Å². The van der Waals surface area contributed by atoms with Crippen LogP contribution in [0.2, 0.25) is 0 Å². The Balaban J connectivity index is 2.14. The van der Waals surface area contributed by atoms with Crippen molar-refractivity contribution in [3.63, 3.8) is 0 Å². The first kappa shape index (κ1) is 14.5. The smallest absolute Gasteiger partial charge is 0.222 e. The number of nitrogens with zero attached hydrogens (tertiary/aromatic N) is 1. The van der Waals surface area contributed by atoms with Gasteiger partial charge in [0.25, 0.3) is 0 Å². The Hall–Kier alpha value is -0.570. The highest BCUT2D eigenvalue weighted by atomic mass is 16.3. The zero-order valence-electron chi connectivity index (χ0n) is 11.3. The van der Waals surface area contributed by atoms with E-state index < -0.39 is 0 Å². The highest BCUT2D eigenvalue weighted by Crippen LogP contribution is 2.27. The van der Waals surface area contributed by atoms with Gasteiger partial charge in [-0.2, -0.15) is 0 Å². The monoisotopic (exact) mass is 241 g/mol. The summed E-state index contributed by atoms with van der Waals surface area (Å²) in [7, 11) is 1.84. The van der Waals surface area contributed by atoms with Gasteiger partial charge in [-0.25, -0.2) is 0 Å². The number of carbonyl (C=O) groups is 1. The molecule has 0 spiro atoms. The summed E-state index contributed by atoms with van der Waals surface area (Å²) < 4.78 is 0. The largest absolute Gasteiger partial charge is 0.393 e. The topological polar surface area (TPSA) is 40.5 Å². The zero-order valence-corrected chi connectivity index (χ0v) is 11.3. The average molecular weight is 241 g/mol. The van der Waals surface area contributed by atoms with Crippen LogP contribution in [0, 0.1) is 5.92 Å². The molecule has 1 unspecified atom stereocenters. The van der Waals surface area contributed by atoms with E-state index in [2.05, 4.69) is 0 Å². The fourth-order valence-electron chi connectivity index (χ4n) is 2.50. The van der Waals surface area contributed by atoms with Gasteiger partial charge in [0.1, 0.15) is 0 Å². The molecule has 1 atom stereocenters. The molecule has 1 aliphatic carbocycles. The highest BCUT2D eigenvalue weighted by Gasteiger charge is 2.16. The van der Waals surface area contributed by atoms with E-state index in [4.69, 9.17) is 0 Å². The molecule has 1 rings (SSSR count). The van der Waals surface area contributed by atoms with Gasteiger partial charge in [-0.3, -0.25) is 4.79 Å². The van der Waals surface area contributed by atoms with Crippen molar-refractivity contribution >= 4 is 5.91 Å². The van der Waals surface area contributed by atoms with E-state index >= 15 is 0 Å². The maximum atomic E-state index is 11.8. The third-order valence-electron chi connectivity index (χ3n) is 3.80. The minimum absolute atomic E-state index is 0.233. The Labute approximate surface area is 105 Å². The van der Waals surface area contributed by atoms with Gasteiger partial charge in [-0.1, -0.05) is 32.1 Å². The normalized spacial score (nSPS) is 19.0. The first-order valence-corrected chi connectivity index (χ1v) is 7.01. The summed E-state index contributed by atoms with van der Waals surface area (Å²) in [6, 6.07) is 0. The summed E-state index contributed by atoms with van der Waals surface area (Å²) in [5.41, 5.74) is 0. The van der Waals surface area contributed by atoms with Gasteiger partial charge in [-0.15, -0.1) is 0 Å². The Morgan fingerprint density at radius 2 is 2.00 bits per heavy atom. The molecule has 1 amide bonds. The third kappa shape index (κ3) is 6.06. The lowest BCUT2D eigenvalue weighted by Crippen LogP contribution is -2.29. The van der Waals surface area contributed by atoms with E-state index in [1.54, 1.807) is 11.8 Å². The summed E-state index contributed by atoms with van der Waals surface area (Å²) in [5.74, 6) is 1.01. The number of carbonyl (C=O) groups excluding carboxylic acids is 1. The molecule has 0 saturated heterocycles. The molecule has 0 bridgehead atoms. The lowest BCUT2D eigenvalue weighted by molar-refractivity contribution is -0.130. The van der Waals surface area contributed by atoms with Crippen LogP contribution in [0.4, 0.5) is 0 Å². The summed E-state index contributed by atoms with van der Waals surface area (Å²) in [6.07, 6.45) is 8.77. The van der Waals surface area contributed by atoms with E-state index in [9.17, 15) is 9.90 Å². The fourth-order valence-corrected chi connectivity index (χ4v) is 2.50. The summed E-state index contributed by atoms with van der Waals surface area (Å²) in [4.78, 5) is 13.6. The third-order valence-corrected chi connectivity index (χ3v) is 3.80. The Morgan fingerprint density at radius 1 is 1.35 bits per heavy atom. The van der Waals surface area contributed by atoms with Crippen LogP contribution in [-0.4, -0.2) is 35.6 Å². The van der Waals surface area contributed by atoms with E-state index in [1.165, 1.54) is 32.1 Å². The van der Waals surface area contributed by atoms with Crippen LogP contribution in [0.15, 0.2) is 0 Å². The molecule has 0 radical (unpaired) electrons. The second kappa shape index (κ2) is 7.70. The number of hydrogen-bond donors (Lipinski definition) is 1. The molecular weight excluding hydrogens is 214 g/mol. The van der Waals surface area contributed by atoms with Gasteiger partial charge in [0, 0.05) is 20.0 Å². The van der Waals surface area contributed by atoms with Gasteiger partial charge in [0.05, 0.1) is 6.10 Å². The van der Waals surface area contributed by atoms with Crippen molar-refractivity contribution in [1.29, 1.82) is 0 Å². The molecule has 100 valence electrons. The molecule has 1 saturated carbocycles. The Morgan fingerprint density at radius 3 is 2.59 bits per heavy atom. The zero-order chi connectivity index (χ0) is 12.7. The summed E-state index contributed by atoms with van der Waals surface area (Å²) >= 11 is 0. The predicted molar refractivity (Wildman–Crippen MR) is 69.7 cm³/mol. The molecule has 0 aromatic rings. The van der Waals surface area contributed by atoms with Crippen LogP contribution in [-0.2, 0) is 4.79 Å².